The first-order valence-corrected chi connectivity index (χ1v) is 11.6. The van der Waals surface area contributed by atoms with Crippen LogP contribution in [0.3, 0.4) is 0 Å². The minimum Gasteiger partial charge on any atom is -0.491 e. The van der Waals surface area contributed by atoms with Crippen molar-refractivity contribution in [3.05, 3.63) is 59.2 Å². The van der Waals surface area contributed by atoms with Crippen LogP contribution in [-0.2, 0) is 14.9 Å². The molecule has 0 aliphatic carbocycles. The zero-order chi connectivity index (χ0) is 24.3. The summed E-state index contributed by atoms with van der Waals surface area (Å²) >= 11 is 0. The zero-order valence-corrected chi connectivity index (χ0v) is 19.6. The topological polar surface area (TPSA) is 59.1 Å². The van der Waals surface area contributed by atoms with Crippen LogP contribution in [0.4, 0.5) is 19.3 Å². The van der Waals surface area contributed by atoms with Crippen LogP contribution in [0.5, 0.6) is 5.75 Å². The van der Waals surface area contributed by atoms with Crippen LogP contribution in [0.2, 0.25) is 0 Å². The van der Waals surface area contributed by atoms with E-state index in [9.17, 15) is 18.4 Å². The van der Waals surface area contributed by atoms with E-state index in [1.54, 1.807) is 9.80 Å². The largest absolute Gasteiger partial charge is 0.491 e. The Bertz CT molecular complexity index is 1150. The molecule has 0 saturated carbocycles. The van der Waals surface area contributed by atoms with Crippen molar-refractivity contribution in [2.45, 2.75) is 44.6 Å². The van der Waals surface area contributed by atoms with E-state index in [1.165, 1.54) is 0 Å². The lowest BCUT2D eigenvalue weighted by atomic mass is 9.77. The monoisotopic (exact) mass is 470 g/mol. The molecule has 2 amide bonds. The summed E-state index contributed by atoms with van der Waals surface area (Å²) < 4.78 is 39.2. The minimum atomic E-state index is -1.18. The first-order chi connectivity index (χ1) is 16.1. The van der Waals surface area contributed by atoms with Gasteiger partial charge in [-0.3, -0.25) is 4.79 Å². The number of piperidine rings is 1. The molecule has 1 unspecified atom stereocenters. The molecule has 34 heavy (non-hydrogen) atoms. The molecule has 2 aromatic rings. The van der Waals surface area contributed by atoms with Crippen molar-refractivity contribution in [2.75, 3.05) is 31.1 Å². The van der Waals surface area contributed by atoms with E-state index in [1.807, 2.05) is 45.0 Å². The van der Waals surface area contributed by atoms with Crippen molar-refractivity contribution >= 4 is 17.7 Å². The van der Waals surface area contributed by atoms with Crippen molar-refractivity contribution in [1.29, 1.82) is 0 Å². The van der Waals surface area contributed by atoms with Crippen molar-refractivity contribution in [3.63, 3.8) is 0 Å². The molecule has 0 radical (unpaired) electrons. The number of benzene rings is 2. The second-order valence-corrected chi connectivity index (χ2v) is 10.3. The van der Waals surface area contributed by atoms with Crippen LogP contribution in [0.25, 0.3) is 0 Å². The lowest BCUT2D eigenvalue weighted by Gasteiger charge is -2.35. The molecule has 3 aliphatic heterocycles. The summed E-state index contributed by atoms with van der Waals surface area (Å²) in [5.74, 6) is -1.79. The Morgan fingerprint density at radius 2 is 1.79 bits per heavy atom. The number of carbonyl (C=O) groups excluding carboxylic acids is 2. The Morgan fingerprint density at radius 3 is 2.50 bits per heavy atom. The molecule has 3 heterocycles. The highest BCUT2D eigenvalue weighted by atomic mass is 19.2. The van der Waals surface area contributed by atoms with Gasteiger partial charge in [-0.05, 0) is 57.2 Å². The Balaban J connectivity index is 1.37. The molecule has 3 aliphatic rings. The van der Waals surface area contributed by atoms with E-state index in [-0.39, 0.29) is 30.3 Å². The number of amides is 2. The number of carbonyl (C=O) groups is 2. The predicted octanol–water partition coefficient (Wildman–Crippen LogP) is 4.64. The lowest BCUT2D eigenvalue weighted by molar-refractivity contribution is -0.122. The fourth-order valence-corrected chi connectivity index (χ4v) is 5.23. The summed E-state index contributed by atoms with van der Waals surface area (Å²) in [5.41, 5.74) is 0.151. The van der Waals surface area contributed by atoms with Crippen molar-refractivity contribution < 1.29 is 27.8 Å². The van der Waals surface area contributed by atoms with Gasteiger partial charge in [0.05, 0.1) is 0 Å². The summed E-state index contributed by atoms with van der Waals surface area (Å²) in [6.07, 6.45) is 1.16. The molecule has 6 nitrogen and oxygen atoms in total. The zero-order valence-electron chi connectivity index (χ0n) is 19.6. The fraction of sp³-hybridized carbons (Fsp3) is 0.462. The number of fused-ring (bicyclic) bond motifs is 4. The summed E-state index contributed by atoms with van der Waals surface area (Å²) in [6, 6.07) is 9.56. The van der Waals surface area contributed by atoms with Crippen LogP contribution >= 0.6 is 0 Å². The van der Waals surface area contributed by atoms with Crippen LogP contribution in [-0.4, -0.2) is 48.7 Å². The normalized spacial score (nSPS) is 22.1. The standard InChI is InChI=1S/C26H28F2N2O4/c1-25(2,3)34-24(32)29-10-8-16(9-11-29)14-30-21-7-5-4-6-17(21)26(23(30)31)15-33-22-13-20(28)19(27)12-18(22)26/h4-7,12-13,16H,8-11,14-15H2,1-3H3. The number of para-hydroxylation sites is 1. The molecule has 8 heteroatoms. The van der Waals surface area contributed by atoms with Crippen LogP contribution < -0.4 is 9.64 Å². The third-order valence-corrected chi connectivity index (χ3v) is 6.90. The van der Waals surface area contributed by atoms with E-state index in [2.05, 4.69) is 0 Å². The smallest absolute Gasteiger partial charge is 0.410 e. The molecule has 1 saturated heterocycles. The Labute approximate surface area is 197 Å². The fourth-order valence-electron chi connectivity index (χ4n) is 5.23. The molecule has 5 rings (SSSR count). The average molecular weight is 471 g/mol. The summed E-state index contributed by atoms with van der Waals surface area (Å²) in [6.45, 7) is 7.14. The molecular weight excluding hydrogens is 442 g/mol. The maximum absolute atomic E-state index is 14.2. The Kier molecular flexibility index (Phi) is 5.30. The average Bonchev–Trinajstić information content (AvgIpc) is 3.26. The van der Waals surface area contributed by atoms with E-state index in [4.69, 9.17) is 9.47 Å². The molecule has 1 spiro atoms. The molecule has 0 N–H and O–H groups in total. The van der Waals surface area contributed by atoms with E-state index < -0.39 is 22.7 Å². The number of nitrogens with zero attached hydrogens (tertiary/aromatic N) is 2. The second kappa shape index (κ2) is 7.96. The molecule has 180 valence electrons. The van der Waals surface area contributed by atoms with E-state index in [0.29, 0.717) is 25.2 Å². The molecule has 1 fully saturated rings. The Hall–Kier alpha value is -3.16. The van der Waals surface area contributed by atoms with Gasteiger partial charge in [0.1, 0.15) is 23.4 Å². The van der Waals surface area contributed by atoms with Crippen LogP contribution in [0.15, 0.2) is 36.4 Å². The maximum atomic E-state index is 14.2. The van der Waals surface area contributed by atoms with Gasteiger partial charge in [0.2, 0.25) is 5.91 Å². The number of ether oxygens (including phenoxy) is 2. The SMILES string of the molecule is CC(C)(C)OC(=O)N1CCC(CN2C(=O)C3(COc4cc(F)c(F)cc43)c3ccccc32)CC1. The summed E-state index contributed by atoms with van der Waals surface area (Å²) in [7, 11) is 0. The first kappa shape index (κ1) is 22.6. The van der Waals surface area contributed by atoms with E-state index in [0.717, 1.165) is 36.2 Å². The second-order valence-electron chi connectivity index (χ2n) is 10.3. The minimum absolute atomic E-state index is 0.00859. The molecule has 0 bridgehead atoms. The lowest BCUT2D eigenvalue weighted by Crippen LogP contribution is -2.47. The molecule has 1 atom stereocenters. The van der Waals surface area contributed by atoms with Crippen LogP contribution in [0.1, 0.15) is 44.7 Å². The van der Waals surface area contributed by atoms with E-state index >= 15 is 0 Å². The van der Waals surface area contributed by atoms with Gasteiger partial charge < -0.3 is 19.3 Å². The number of rotatable bonds is 2. The number of hydrogen-bond acceptors (Lipinski definition) is 4. The van der Waals surface area contributed by atoms with Gasteiger partial charge in [-0.1, -0.05) is 18.2 Å². The molecule has 0 aromatic heterocycles. The highest BCUT2D eigenvalue weighted by molar-refractivity contribution is 6.11. The Morgan fingerprint density at radius 1 is 1.12 bits per heavy atom. The summed E-state index contributed by atoms with van der Waals surface area (Å²) in [5, 5.41) is 0. The number of anilines is 1. The maximum Gasteiger partial charge on any atom is 0.410 e. The predicted molar refractivity (Wildman–Crippen MR) is 122 cm³/mol. The van der Waals surface area contributed by atoms with Gasteiger partial charge in [0.15, 0.2) is 11.6 Å². The highest BCUT2D eigenvalue weighted by Gasteiger charge is 2.57. The highest BCUT2D eigenvalue weighted by Crippen LogP contribution is 2.52. The number of halogens is 2. The van der Waals surface area contributed by atoms with Gasteiger partial charge in [0, 0.05) is 37.0 Å². The van der Waals surface area contributed by atoms with Gasteiger partial charge in [0.25, 0.3) is 0 Å². The molecular formula is C26H28F2N2O4. The van der Waals surface area contributed by atoms with Gasteiger partial charge in [-0.15, -0.1) is 0 Å². The van der Waals surface area contributed by atoms with Crippen molar-refractivity contribution in [2.24, 2.45) is 5.92 Å². The third kappa shape index (κ3) is 3.60. The van der Waals surface area contributed by atoms with Gasteiger partial charge in [-0.2, -0.15) is 0 Å². The number of likely N-dealkylation sites (tertiary alicyclic amines) is 1. The molecule has 2 aromatic carbocycles. The summed E-state index contributed by atoms with van der Waals surface area (Å²) in [4.78, 5) is 29.7. The van der Waals surface area contributed by atoms with Crippen molar-refractivity contribution in [1.82, 2.24) is 4.90 Å². The van der Waals surface area contributed by atoms with Crippen molar-refractivity contribution in [3.8, 4) is 5.75 Å². The van der Waals surface area contributed by atoms with Crippen LogP contribution in [0, 0.1) is 17.6 Å². The first-order valence-electron chi connectivity index (χ1n) is 11.6. The third-order valence-electron chi connectivity index (χ3n) is 6.90. The number of hydrogen-bond donors (Lipinski definition) is 0. The van der Waals surface area contributed by atoms with Gasteiger partial charge in [-0.25, -0.2) is 13.6 Å². The van der Waals surface area contributed by atoms with Gasteiger partial charge >= 0.3 is 6.09 Å². The quantitative estimate of drug-likeness (QED) is 0.642.